The average Bonchev–Trinajstić information content (AvgIpc) is 3.23. The van der Waals surface area contributed by atoms with Gasteiger partial charge in [-0.25, -0.2) is 9.78 Å². The molecule has 4 aromatic rings. The number of carbonyl (C=O) groups excluding carboxylic acids is 1. The maximum atomic E-state index is 12.7. The van der Waals surface area contributed by atoms with Crippen LogP contribution in [0.25, 0.3) is 16.9 Å². The molecule has 35 heavy (non-hydrogen) atoms. The SMILES string of the molecule is O=C(Oc1ccc(-c2nc3ccccn3c2NC2CCCCC2)cc1)c1ccc(C(F)(F)F)cc1. The Hall–Kier alpha value is -3.81. The van der Waals surface area contributed by atoms with Gasteiger partial charge in [-0.2, -0.15) is 13.2 Å². The number of halogens is 3. The summed E-state index contributed by atoms with van der Waals surface area (Å²) in [5, 5.41) is 3.69. The summed E-state index contributed by atoms with van der Waals surface area (Å²) in [7, 11) is 0. The third-order valence-corrected chi connectivity index (χ3v) is 6.26. The van der Waals surface area contributed by atoms with Gasteiger partial charge in [0.15, 0.2) is 0 Å². The predicted molar refractivity (Wildman–Crippen MR) is 128 cm³/mol. The van der Waals surface area contributed by atoms with E-state index in [1.165, 1.54) is 19.3 Å². The fourth-order valence-corrected chi connectivity index (χ4v) is 4.42. The van der Waals surface area contributed by atoms with Gasteiger partial charge < -0.3 is 10.1 Å². The van der Waals surface area contributed by atoms with Crippen molar-refractivity contribution in [2.24, 2.45) is 0 Å². The molecule has 1 N–H and O–H groups in total. The highest BCUT2D eigenvalue weighted by molar-refractivity contribution is 5.91. The number of alkyl halides is 3. The summed E-state index contributed by atoms with van der Waals surface area (Å²) >= 11 is 0. The van der Waals surface area contributed by atoms with Crippen LogP contribution in [0.1, 0.15) is 48.0 Å². The number of nitrogens with zero attached hydrogens (tertiary/aromatic N) is 2. The van der Waals surface area contributed by atoms with Gasteiger partial charge in [-0.3, -0.25) is 4.40 Å². The minimum absolute atomic E-state index is 0.0430. The number of imidazole rings is 1. The Labute approximate surface area is 200 Å². The van der Waals surface area contributed by atoms with Gasteiger partial charge in [0.25, 0.3) is 0 Å². The molecule has 1 saturated carbocycles. The van der Waals surface area contributed by atoms with Crippen LogP contribution in [0.15, 0.2) is 72.9 Å². The molecule has 0 saturated heterocycles. The highest BCUT2D eigenvalue weighted by atomic mass is 19.4. The Morgan fingerprint density at radius 2 is 1.66 bits per heavy atom. The van der Waals surface area contributed by atoms with E-state index in [4.69, 9.17) is 9.72 Å². The van der Waals surface area contributed by atoms with Gasteiger partial charge >= 0.3 is 12.1 Å². The van der Waals surface area contributed by atoms with Gasteiger partial charge in [0.05, 0.1) is 11.1 Å². The van der Waals surface area contributed by atoms with E-state index in [1.807, 2.05) is 40.9 Å². The summed E-state index contributed by atoms with van der Waals surface area (Å²) in [4.78, 5) is 17.2. The van der Waals surface area contributed by atoms with Gasteiger partial charge in [-0.15, -0.1) is 0 Å². The largest absolute Gasteiger partial charge is 0.423 e. The fraction of sp³-hybridized carbons (Fsp3) is 0.259. The number of nitrogens with one attached hydrogen (secondary N) is 1. The number of esters is 1. The molecule has 2 heterocycles. The van der Waals surface area contributed by atoms with Crippen molar-refractivity contribution in [1.29, 1.82) is 0 Å². The van der Waals surface area contributed by atoms with Crippen molar-refractivity contribution in [1.82, 2.24) is 9.38 Å². The Bertz CT molecular complexity index is 1320. The number of ether oxygens (including phenoxy) is 1. The van der Waals surface area contributed by atoms with Crippen LogP contribution in [0.3, 0.4) is 0 Å². The first-order valence-corrected chi connectivity index (χ1v) is 11.6. The predicted octanol–water partition coefficient (Wildman–Crippen LogP) is 6.98. The molecule has 5 nitrogen and oxygen atoms in total. The van der Waals surface area contributed by atoms with Gasteiger partial charge in [-0.1, -0.05) is 25.3 Å². The van der Waals surface area contributed by atoms with Gasteiger partial charge in [0.2, 0.25) is 0 Å². The molecule has 5 rings (SSSR count). The molecular formula is C27H24F3N3O2. The van der Waals surface area contributed by atoms with E-state index in [2.05, 4.69) is 5.32 Å². The van der Waals surface area contributed by atoms with Crippen LogP contribution in [-0.2, 0) is 6.18 Å². The van der Waals surface area contributed by atoms with Crippen molar-refractivity contribution in [3.63, 3.8) is 0 Å². The van der Waals surface area contributed by atoms with Crippen molar-refractivity contribution < 1.29 is 22.7 Å². The fourth-order valence-electron chi connectivity index (χ4n) is 4.42. The maximum absolute atomic E-state index is 12.7. The zero-order valence-corrected chi connectivity index (χ0v) is 18.9. The zero-order valence-electron chi connectivity index (χ0n) is 18.9. The number of hydrogen-bond donors (Lipinski definition) is 1. The van der Waals surface area contributed by atoms with Crippen LogP contribution in [0.4, 0.5) is 19.0 Å². The summed E-state index contributed by atoms with van der Waals surface area (Å²) in [5.41, 5.74) is 1.73. The lowest BCUT2D eigenvalue weighted by molar-refractivity contribution is -0.137. The van der Waals surface area contributed by atoms with Crippen LogP contribution in [-0.4, -0.2) is 21.4 Å². The molecule has 2 aromatic carbocycles. The monoisotopic (exact) mass is 479 g/mol. The van der Waals surface area contributed by atoms with Crippen LogP contribution in [0.5, 0.6) is 5.75 Å². The second-order valence-electron chi connectivity index (χ2n) is 8.71. The quantitative estimate of drug-likeness (QED) is 0.248. The van der Waals surface area contributed by atoms with E-state index >= 15 is 0 Å². The lowest BCUT2D eigenvalue weighted by Gasteiger charge is -2.24. The topological polar surface area (TPSA) is 55.6 Å². The average molecular weight is 480 g/mol. The van der Waals surface area contributed by atoms with E-state index in [9.17, 15) is 18.0 Å². The molecule has 0 bridgehead atoms. The second kappa shape index (κ2) is 9.44. The Morgan fingerprint density at radius 3 is 2.34 bits per heavy atom. The van der Waals surface area contributed by atoms with Crippen LogP contribution in [0.2, 0.25) is 0 Å². The number of aromatic nitrogens is 2. The lowest BCUT2D eigenvalue weighted by Crippen LogP contribution is -2.23. The van der Waals surface area contributed by atoms with E-state index in [0.29, 0.717) is 11.8 Å². The Morgan fingerprint density at radius 1 is 0.943 bits per heavy atom. The summed E-state index contributed by atoms with van der Waals surface area (Å²) in [6.45, 7) is 0. The molecular weight excluding hydrogens is 455 g/mol. The van der Waals surface area contributed by atoms with Crippen molar-refractivity contribution in [3.8, 4) is 17.0 Å². The Balaban J connectivity index is 1.36. The summed E-state index contributed by atoms with van der Waals surface area (Å²) in [6.07, 6.45) is 3.46. The number of anilines is 1. The molecule has 0 unspecified atom stereocenters. The molecule has 0 radical (unpaired) electrons. The highest BCUT2D eigenvalue weighted by Gasteiger charge is 2.30. The van der Waals surface area contributed by atoms with Crippen molar-refractivity contribution in [2.75, 3.05) is 5.32 Å². The number of benzene rings is 2. The summed E-state index contributed by atoms with van der Waals surface area (Å²) in [5.74, 6) is 0.505. The molecule has 1 aliphatic carbocycles. The number of rotatable bonds is 5. The van der Waals surface area contributed by atoms with Crippen LogP contribution in [0, 0.1) is 0 Å². The molecule has 0 spiro atoms. The first kappa shape index (κ1) is 23.0. The third kappa shape index (κ3) is 5.01. The van der Waals surface area contributed by atoms with Gasteiger partial charge in [0.1, 0.15) is 22.9 Å². The molecule has 1 aliphatic rings. The smallest absolute Gasteiger partial charge is 0.416 e. The number of carbonyl (C=O) groups is 1. The van der Waals surface area contributed by atoms with E-state index in [0.717, 1.165) is 59.8 Å². The molecule has 0 atom stereocenters. The molecule has 0 aliphatic heterocycles. The van der Waals surface area contributed by atoms with Crippen LogP contribution >= 0.6 is 0 Å². The normalized spacial score (nSPS) is 14.7. The van der Waals surface area contributed by atoms with Gasteiger partial charge in [-0.05, 0) is 73.5 Å². The minimum atomic E-state index is -4.46. The van der Waals surface area contributed by atoms with Crippen molar-refractivity contribution >= 4 is 17.4 Å². The molecule has 2 aromatic heterocycles. The Kier molecular flexibility index (Phi) is 6.19. The van der Waals surface area contributed by atoms with Crippen LogP contribution < -0.4 is 10.1 Å². The van der Waals surface area contributed by atoms with E-state index in [-0.39, 0.29) is 5.56 Å². The number of hydrogen-bond acceptors (Lipinski definition) is 4. The highest BCUT2D eigenvalue weighted by Crippen LogP contribution is 2.33. The van der Waals surface area contributed by atoms with E-state index in [1.54, 1.807) is 12.1 Å². The zero-order chi connectivity index (χ0) is 24.4. The standard InChI is InChI=1S/C27H24F3N3O2/c28-27(29,30)20-13-9-19(10-14-20)26(34)35-22-15-11-18(12-16-22)24-25(31-21-6-2-1-3-7-21)33-17-5-4-8-23(33)32-24/h4-5,8-17,21,31H,1-3,6-7H2. The number of pyridine rings is 1. The summed E-state index contributed by atoms with van der Waals surface area (Å²) in [6, 6.07) is 17.2. The van der Waals surface area contributed by atoms with Gasteiger partial charge in [0, 0.05) is 17.8 Å². The minimum Gasteiger partial charge on any atom is -0.423 e. The summed E-state index contributed by atoms with van der Waals surface area (Å²) < 4.78 is 45.6. The maximum Gasteiger partial charge on any atom is 0.416 e. The number of fused-ring (bicyclic) bond motifs is 1. The second-order valence-corrected chi connectivity index (χ2v) is 8.71. The first-order valence-electron chi connectivity index (χ1n) is 11.6. The lowest BCUT2D eigenvalue weighted by atomic mass is 9.95. The molecule has 180 valence electrons. The van der Waals surface area contributed by atoms with Crippen molar-refractivity contribution in [3.05, 3.63) is 84.1 Å². The molecule has 8 heteroatoms. The first-order chi connectivity index (χ1) is 16.9. The molecule has 0 amide bonds. The van der Waals surface area contributed by atoms with Crippen molar-refractivity contribution in [2.45, 2.75) is 44.3 Å². The third-order valence-electron chi connectivity index (χ3n) is 6.26. The van der Waals surface area contributed by atoms with E-state index < -0.39 is 17.7 Å². The molecule has 1 fully saturated rings.